The molecule has 3 N–H and O–H groups in total. The van der Waals surface area contributed by atoms with Crippen molar-refractivity contribution >= 4 is 17.6 Å². The molecule has 2 rings (SSSR count). The monoisotopic (exact) mass is 291 g/mol. The van der Waals surface area contributed by atoms with Crippen LogP contribution in [0.15, 0.2) is 45.4 Å². The van der Waals surface area contributed by atoms with Crippen molar-refractivity contribution < 1.29 is 9.60 Å². The first-order valence-corrected chi connectivity index (χ1v) is 6.72. The molecule has 20 heavy (non-hydrogen) atoms. The number of hydrogen-bond acceptors (Lipinski definition) is 4. The van der Waals surface area contributed by atoms with Crippen LogP contribution in [-0.2, 0) is 0 Å². The van der Waals surface area contributed by atoms with E-state index in [1.807, 2.05) is 19.9 Å². The van der Waals surface area contributed by atoms with E-state index in [1.165, 1.54) is 23.9 Å². The van der Waals surface area contributed by atoms with Gasteiger partial charge in [0.05, 0.1) is 5.56 Å². The van der Waals surface area contributed by atoms with Crippen LogP contribution in [0.2, 0.25) is 0 Å². The van der Waals surface area contributed by atoms with Crippen molar-refractivity contribution in [2.24, 2.45) is 10.9 Å². The summed E-state index contributed by atoms with van der Waals surface area (Å²) in [4.78, 5) is 5.10. The first kappa shape index (κ1) is 14.3. The predicted molar refractivity (Wildman–Crippen MR) is 76.7 cm³/mol. The molecule has 0 unspecified atom stereocenters. The first-order chi connectivity index (χ1) is 9.51. The molecule has 0 atom stereocenters. The minimum Gasteiger partial charge on any atom is -0.409 e. The Labute approximate surface area is 120 Å². The lowest BCUT2D eigenvalue weighted by molar-refractivity contribution is 0.318. The van der Waals surface area contributed by atoms with Crippen molar-refractivity contribution in [3.63, 3.8) is 0 Å². The number of hydrogen-bond donors (Lipinski definition) is 2. The molecular weight excluding hydrogens is 277 g/mol. The summed E-state index contributed by atoms with van der Waals surface area (Å²) in [7, 11) is 0. The highest BCUT2D eigenvalue weighted by molar-refractivity contribution is 7.99. The molecule has 0 bridgehead atoms. The van der Waals surface area contributed by atoms with Crippen LogP contribution in [0.25, 0.3) is 0 Å². The standard InChI is InChI=1S/C14H14FN3OS/c1-8-6-9(2)17-14(12(8)13(16)18-19)20-11-5-3-4-10(15)7-11/h3-7,19H,1-2H3,(H2,16,18). The van der Waals surface area contributed by atoms with Crippen LogP contribution in [0.1, 0.15) is 16.8 Å². The van der Waals surface area contributed by atoms with E-state index in [2.05, 4.69) is 10.1 Å². The molecule has 0 spiro atoms. The third kappa shape index (κ3) is 3.08. The Morgan fingerprint density at radius 2 is 2.10 bits per heavy atom. The molecule has 0 fully saturated rings. The maximum atomic E-state index is 13.2. The Balaban J connectivity index is 2.50. The zero-order valence-electron chi connectivity index (χ0n) is 11.1. The highest BCUT2D eigenvalue weighted by Crippen LogP contribution is 2.31. The Morgan fingerprint density at radius 3 is 2.75 bits per heavy atom. The lowest BCUT2D eigenvalue weighted by atomic mass is 10.1. The van der Waals surface area contributed by atoms with Gasteiger partial charge in [-0.1, -0.05) is 23.0 Å². The zero-order valence-corrected chi connectivity index (χ0v) is 11.9. The number of aryl methyl sites for hydroxylation is 2. The summed E-state index contributed by atoms with van der Waals surface area (Å²) in [6.45, 7) is 3.72. The molecule has 1 heterocycles. The average Bonchev–Trinajstić information content (AvgIpc) is 2.37. The molecule has 0 amide bonds. The summed E-state index contributed by atoms with van der Waals surface area (Å²) in [5.74, 6) is -0.321. The third-order valence-electron chi connectivity index (χ3n) is 2.69. The van der Waals surface area contributed by atoms with Crippen LogP contribution in [-0.4, -0.2) is 16.0 Å². The summed E-state index contributed by atoms with van der Waals surface area (Å²) in [5, 5.41) is 12.5. The molecule has 0 radical (unpaired) electrons. The lowest BCUT2D eigenvalue weighted by Crippen LogP contribution is -2.17. The molecular formula is C14H14FN3OS. The van der Waals surface area contributed by atoms with E-state index in [4.69, 9.17) is 10.9 Å². The van der Waals surface area contributed by atoms with Gasteiger partial charge in [-0.05, 0) is 43.7 Å². The second kappa shape index (κ2) is 5.92. The summed E-state index contributed by atoms with van der Waals surface area (Å²) in [6.07, 6.45) is 0. The van der Waals surface area contributed by atoms with E-state index in [9.17, 15) is 4.39 Å². The van der Waals surface area contributed by atoms with Crippen molar-refractivity contribution in [2.75, 3.05) is 0 Å². The maximum absolute atomic E-state index is 13.2. The van der Waals surface area contributed by atoms with Gasteiger partial charge < -0.3 is 10.9 Å². The van der Waals surface area contributed by atoms with Crippen molar-refractivity contribution in [2.45, 2.75) is 23.8 Å². The molecule has 104 valence electrons. The van der Waals surface area contributed by atoms with Gasteiger partial charge >= 0.3 is 0 Å². The zero-order chi connectivity index (χ0) is 14.7. The van der Waals surface area contributed by atoms with E-state index in [-0.39, 0.29) is 11.7 Å². The largest absolute Gasteiger partial charge is 0.409 e. The van der Waals surface area contributed by atoms with Gasteiger partial charge in [0.15, 0.2) is 5.84 Å². The van der Waals surface area contributed by atoms with E-state index in [1.54, 1.807) is 12.1 Å². The number of oxime groups is 1. The average molecular weight is 291 g/mol. The van der Waals surface area contributed by atoms with Gasteiger partial charge in [-0.25, -0.2) is 9.37 Å². The molecule has 2 aromatic rings. The van der Waals surface area contributed by atoms with E-state index in [0.717, 1.165) is 11.3 Å². The molecule has 0 saturated heterocycles. The van der Waals surface area contributed by atoms with Crippen LogP contribution in [0, 0.1) is 19.7 Å². The number of nitrogens with two attached hydrogens (primary N) is 1. The maximum Gasteiger partial charge on any atom is 0.173 e. The molecule has 1 aromatic heterocycles. The minimum absolute atomic E-state index is 0.00565. The van der Waals surface area contributed by atoms with Crippen molar-refractivity contribution in [3.8, 4) is 0 Å². The molecule has 6 heteroatoms. The smallest absolute Gasteiger partial charge is 0.173 e. The summed E-state index contributed by atoms with van der Waals surface area (Å²) in [5.41, 5.74) is 7.93. The van der Waals surface area contributed by atoms with Crippen LogP contribution in [0.4, 0.5) is 4.39 Å². The summed E-state index contributed by atoms with van der Waals surface area (Å²) in [6, 6.07) is 8.05. The highest BCUT2D eigenvalue weighted by Gasteiger charge is 2.14. The number of pyridine rings is 1. The molecule has 0 aliphatic carbocycles. The number of nitrogens with zero attached hydrogens (tertiary/aromatic N) is 2. The Kier molecular flexibility index (Phi) is 4.24. The molecule has 0 aliphatic heterocycles. The van der Waals surface area contributed by atoms with Crippen LogP contribution >= 0.6 is 11.8 Å². The van der Waals surface area contributed by atoms with Crippen LogP contribution in [0.5, 0.6) is 0 Å². The molecule has 4 nitrogen and oxygen atoms in total. The van der Waals surface area contributed by atoms with Gasteiger partial charge in [0.1, 0.15) is 10.8 Å². The fraction of sp³-hybridized carbons (Fsp3) is 0.143. The normalized spacial score (nSPS) is 11.7. The quantitative estimate of drug-likeness (QED) is 0.394. The number of halogens is 1. The summed E-state index contributed by atoms with van der Waals surface area (Å²) < 4.78 is 13.2. The Bertz CT molecular complexity index is 673. The Morgan fingerprint density at radius 1 is 1.35 bits per heavy atom. The van der Waals surface area contributed by atoms with Gasteiger partial charge in [0.2, 0.25) is 0 Å². The first-order valence-electron chi connectivity index (χ1n) is 5.91. The minimum atomic E-state index is -0.315. The SMILES string of the molecule is Cc1cc(C)c(/C(N)=N/O)c(Sc2cccc(F)c2)n1. The number of aromatic nitrogens is 1. The van der Waals surface area contributed by atoms with Gasteiger partial charge in [-0.2, -0.15) is 0 Å². The molecule has 1 aromatic carbocycles. The predicted octanol–water partition coefficient (Wildman–Crippen LogP) is 3.08. The second-order valence-electron chi connectivity index (χ2n) is 4.31. The van der Waals surface area contributed by atoms with Gasteiger partial charge in [-0.3, -0.25) is 0 Å². The van der Waals surface area contributed by atoms with E-state index >= 15 is 0 Å². The molecule has 0 saturated carbocycles. The fourth-order valence-corrected chi connectivity index (χ4v) is 2.98. The number of amidine groups is 1. The third-order valence-corrected chi connectivity index (χ3v) is 3.66. The van der Waals surface area contributed by atoms with Crippen LogP contribution in [0.3, 0.4) is 0 Å². The topological polar surface area (TPSA) is 71.5 Å². The number of rotatable bonds is 3. The number of benzene rings is 1. The highest BCUT2D eigenvalue weighted by atomic mass is 32.2. The van der Waals surface area contributed by atoms with E-state index in [0.29, 0.717) is 15.5 Å². The van der Waals surface area contributed by atoms with Gasteiger partial charge in [-0.15, -0.1) is 0 Å². The van der Waals surface area contributed by atoms with Crippen molar-refractivity contribution in [1.29, 1.82) is 0 Å². The summed E-state index contributed by atoms with van der Waals surface area (Å²) >= 11 is 1.28. The lowest BCUT2D eigenvalue weighted by Gasteiger charge is -2.11. The van der Waals surface area contributed by atoms with Crippen LogP contribution < -0.4 is 5.73 Å². The van der Waals surface area contributed by atoms with Crippen molar-refractivity contribution in [3.05, 3.63) is 53.0 Å². The van der Waals surface area contributed by atoms with Gasteiger partial charge in [0, 0.05) is 10.6 Å². The van der Waals surface area contributed by atoms with Crippen molar-refractivity contribution in [1.82, 2.24) is 4.98 Å². The fourth-order valence-electron chi connectivity index (χ4n) is 1.88. The van der Waals surface area contributed by atoms with Gasteiger partial charge in [0.25, 0.3) is 0 Å². The second-order valence-corrected chi connectivity index (χ2v) is 5.37. The van der Waals surface area contributed by atoms with E-state index < -0.39 is 0 Å². The molecule has 0 aliphatic rings. The Hall–Kier alpha value is -2.08.